The second kappa shape index (κ2) is 7.77. The lowest BCUT2D eigenvalue weighted by Gasteiger charge is -2.55. The minimum Gasteiger partial charge on any atom is -0.481 e. The van der Waals surface area contributed by atoms with E-state index in [4.69, 9.17) is 14.2 Å². The number of amides is 2. The van der Waals surface area contributed by atoms with Gasteiger partial charge in [0.15, 0.2) is 0 Å². The number of ether oxygens (including phenoxy) is 3. The van der Waals surface area contributed by atoms with Gasteiger partial charge >= 0.3 is 6.01 Å². The number of β-lactam (4-membered cyclic amide) rings is 1. The average molecular weight is 446 g/mol. The Labute approximate surface area is 190 Å². The van der Waals surface area contributed by atoms with Gasteiger partial charge in [-0.25, -0.2) is 0 Å². The SMILES string of the molecule is COc1cc(OC)nc(OC2C(=O)N3CC(=O)N(C)c4ccccc4C23c2ccccc2)n1. The Hall–Kier alpha value is -4.14. The van der Waals surface area contributed by atoms with Crippen molar-refractivity contribution in [1.82, 2.24) is 14.9 Å². The molecule has 1 fully saturated rings. The highest BCUT2D eigenvalue weighted by Gasteiger charge is 2.66. The van der Waals surface area contributed by atoms with Crippen molar-refractivity contribution in [2.75, 3.05) is 32.7 Å². The van der Waals surface area contributed by atoms with Gasteiger partial charge in [0, 0.05) is 18.3 Å². The Morgan fingerprint density at radius 3 is 2.24 bits per heavy atom. The van der Waals surface area contributed by atoms with Crippen LogP contribution in [0.2, 0.25) is 0 Å². The van der Waals surface area contributed by atoms with E-state index in [0.717, 1.165) is 11.1 Å². The van der Waals surface area contributed by atoms with Crippen LogP contribution in [-0.2, 0) is 15.1 Å². The maximum atomic E-state index is 13.4. The van der Waals surface area contributed by atoms with E-state index in [-0.39, 0.29) is 36.1 Å². The van der Waals surface area contributed by atoms with E-state index in [1.165, 1.54) is 20.3 Å². The first-order chi connectivity index (χ1) is 16.0. The smallest absolute Gasteiger partial charge is 0.323 e. The Balaban J connectivity index is 1.71. The Morgan fingerprint density at radius 2 is 1.58 bits per heavy atom. The Kier molecular flexibility index (Phi) is 4.88. The van der Waals surface area contributed by atoms with E-state index in [1.54, 1.807) is 16.8 Å². The zero-order valence-corrected chi connectivity index (χ0v) is 18.4. The lowest BCUT2D eigenvalue weighted by atomic mass is 9.69. The van der Waals surface area contributed by atoms with Gasteiger partial charge in [0.25, 0.3) is 5.91 Å². The molecule has 0 radical (unpaired) electrons. The second-order valence-electron chi connectivity index (χ2n) is 7.76. The first kappa shape index (κ1) is 20.7. The van der Waals surface area contributed by atoms with Gasteiger partial charge in [-0.15, -0.1) is 0 Å². The summed E-state index contributed by atoms with van der Waals surface area (Å²) in [5.41, 5.74) is 1.26. The summed E-state index contributed by atoms with van der Waals surface area (Å²) in [5.74, 6) is -0.0371. The molecule has 2 amide bonds. The van der Waals surface area contributed by atoms with Crippen molar-refractivity contribution in [2.45, 2.75) is 11.6 Å². The summed E-state index contributed by atoms with van der Waals surface area (Å²) in [7, 11) is 4.65. The van der Waals surface area contributed by atoms with E-state index in [2.05, 4.69) is 9.97 Å². The molecule has 168 valence electrons. The molecule has 0 bridgehead atoms. The number of methoxy groups -OCH3 is 2. The van der Waals surface area contributed by atoms with Gasteiger partial charge in [-0.2, -0.15) is 9.97 Å². The molecular weight excluding hydrogens is 424 g/mol. The van der Waals surface area contributed by atoms with Crippen LogP contribution in [0.25, 0.3) is 0 Å². The minimum atomic E-state index is -1.05. The summed E-state index contributed by atoms with van der Waals surface area (Å²) >= 11 is 0. The number of rotatable bonds is 5. The van der Waals surface area contributed by atoms with Gasteiger partial charge in [0.2, 0.25) is 23.8 Å². The number of fused-ring (bicyclic) bond motifs is 3. The van der Waals surface area contributed by atoms with Crippen molar-refractivity contribution in [3.63, 3.8) is 0 Å². The van der Waals surface area contributed by atoms with E-state index < -0.39 is 11.6 Å². The first-order valence-corrected chi connectivity index (χ1v) is 10.4. The lowest BCUT2D eigenvalue weighted by Crippen LogP contribution is -2.74. The molecule has 33 heavy (non-hydrogen) atoms. The fourth-order valence-electron chi connectivity index (χ4n) is 4.56. The molecule has 2 unspecified atom stereocenters. The monoisotopic (exact) mass is 446 g/mol. The normalized spacial score (nSPS) is 21.5. The van der Waals surface area contributed by atoms with Crippen LogP contribution in [0.15, 0.2) is 60.7 Å². The van der Waals surface area contributed by atoms with Crippen LogP contribution in [0, 0.1) is 0 Å². The number of nitrogens with zero attached hydrogens (tertiary/aromatic N) is 4. The highest BCUT2D eigenvalue weighted by molar-refractivity contribution is 6.04. The van der Waals surface area contributed by atoms with Crippen LogP contribution in [0.5, 0.6) is 17.8 Å². The molecule has 9 nitrogen and oxygen atoms in total. The number of para-hydroxylation sites is 1. The van der Waals surface area contributed by atoms with E-state index in [0.29, 0.717) is 5.69 Å². The average Bonchev–Trinajstić information content (AvgIpc) is 2.95. The van der Waals surface area contributed by atoms with Gasteiger partial charge in [-0.3, -0.25) is 9.59 Å². The maximum absolute atomic E-state index is 13.4. The van der Waals surface area contributed by atoms with Crippen molar-refractivity contribution in [2.24, 2.45) is 0 Å². The van der Waals surface area contributed by atoms with Gasteiger partial charge < -0.3 is 24.0 Å². The van der Waals surface area contributed by atoms with Crippen molar-refractivity contribution in [3.05, 3.63) is 71.8 Å². The molecule has 5 rings (SSSR count). The zero-order valence-electron chi connectivity index (χ0n) is 18.4. The molecule has 2 aliphatic rings. The molecule has 1 saturated heterocycles. The van der Waals surface area contributed by atoms with E-state index in [9.17, 15) is 9.59 Å². The summed E-state index contributed by atoms with van der Waals surface area (Å²) in [6, 6.07) is 18.5. The van der Waals surface area contributed by atoms with Crippen LogP contribution in [0.3, 0.4) is 0 Å². The Bertz CT molecular complexity index is 1210. The summed E-state index contributed by atoms with van der Waals surface area (Å²) < 4.78 is 16.6. The van der Waals surface area contributed by atoms with Gasteiger partial charge in [0.1, 0.15) is 12.1 Å². The number of hydrogen-bond acceptors (Lipinski definition) is 7. The third-order valence-corrected chi connectivity index (χ3v) is 6.15. The minimum absolute atomic E-state index is 0.0547. The van der Waals surface area contributed by atoms with Gasteiger partial charge in [-0.1, -0.05) is 48.5 Å². The van der Waals surface area contributed by atoms with Crippen molar-refractivity contribution < 1.29 is 23.8 Å². The molecular formula is C24H22N4O5. The molecule has 0 spiro atoms. The fourth-order valence-corrected chi connectivity index (χ4v) is 4.56. The number of carbonyl (C=O) groups is 2. The number of benzene rings is 2. The predicted octanol–water partition coefficient (Wildman–Crippen LogP) is 2.00. The summed E-state index contributed by atoms with van der Waals surface area (Å²) in [6.07, 6.45) is -1.00. The highest BCUT2D eigenvalue weighted by atomic mass is 16.5. The Morgan fingerprint density at radius 1 is 0.939 bits per heavy atom. The van der Waals surface area contributed by atoms with Gasteiger partial charge in [-0.05, 0) is 11.6 Å². The number of hydrogen-bond donors (Lipinski definition) is 0. The lowest BCUT2D eigenvalue weighted by molar-refractivity contribution is -0.178. The molecule has 1 aromatic heterocycles. The third kappa shape index (κ3) is 3.00. The summed E-state index contributed by atoms with van der Waals surface area (Å²) in [4.78, 5) is 38.0. The molecule has 3 heterocycles. The van der Waals surface area contributed by atoms with Crippen LogP contribution in [0.1, 0.15) is 11.1 Å². The number of anilines is 1. The molecule has 0 saturated carbocycles. The topological polar surface area (TPSA) is 94.1 Å². The standard InChI is InChI=1S/C24H22N4O5/c1-27-17-12-8-7-11-16(17)24(15-9-5-4-6-10-15)21(22(30)28(24)14-20(27)29)33-23-25-18(31-2)13-19(26-23)32-3/h4-13,21H,14H2,1-3H3. The van der Waals surface area contributed by atoms with E-state index in [1.807, 2.05) is 54.6 Å². The highest BCUT2D eigenvalue weighted by Crippen LogP contribution is 2.52. The second-order valence-corrected chi connectivity index (χ2v) is 7.76. The third-order valence-electron chi connectivity index (χ3n) is 6.15. The van der Waals surface area contributed by atoms with Crippen LogP contribution < -0.4 is 19.1 Å². The zero-order chi connectivity index (χ0) is 23.2. The number of likely N-dealkylation sites (N-methyl/N-ethyl adjacent to an activating group) is 1. The molecule has 3 aromatic rings. The summed E-state index contributed by atoms with van der Waals surface area (Å²) in [5, 5.41) is 0. The number of carbonyl (C=O) groups excluding carboxylic acids is 2. The predicted molar refractivity (Wildman–Crippen MR) is 118 cm³/mol. The van der Waals surface area contributed by atoms with Crippen LogP contribution >= 0.6 is 0 Å². The number of aromatic nitrogens is 2. The quantitative estimate of drug-likeness (QED) is 0.554. The van der Waals surface area contributed by atoms with E-state index >= 15 is 0 Å². The largest absolute Gasteiger partial charge is 0.481 e. The summed E-state index contributed by atoms with van der Waals surface area (Å²) in [6.45, 7) is -0.0823. The fraction of sp³-hybridized carbons (Fsp3) is 0.250. The van der Waals surface area contributed by atoms with Crippen molar-refractivity contribution in [3.8, 4) is 17.8 Å². The maximum Gasteiger partial charge on any atom is 0.323 e. The molecule has 2 aromatic carbocycles. The van der Waals surface area contributed by atoms with Crippen LogP contribution in [-0.4, -0.2) is 60.6 Å². The first-order valence-electron chi connectivity index (χ1n) is 10.4. The molecule has 2 atom stereocenters. The van der Waals surface area contributed by atoms with Crippen LogP contribution in [0.4, 0.5) is 5.69 Å². The van der Waals surface area contributed by atoms with Crippen molar-refractivity contribution in [1.29, 1.82) is 0 Å². The molecule has 9 heteroatoms. The van der Waals surface area contributed by atoms with Crippen molar-refractivity contribution >= 4 is 17.5 Å². The molecule has 0 aliphatic carbocycles. The molecule has 0 N–H and O–H groups in total. The molecule has 2 aliphatic heterocycles. The van der Waals surface area contributed by atoms with Gasteiger partial charge in [0.05, 0.1) is 20.3 Å².